The first-order valence-electron chi connectivity index (χ1n) is 5.77. The molecule has 0 atom stereocenters. The SMILES string of the molecule is Nc1cc(C(=O)c2ccc3[nH]c(=O)oc3c2)ccc1Cl. The van der Waals surface area contributed by atoms with Crippen LogP contribution in [0.1, 0.15) is 15.9 Å². The van der Waals surface area contributed by atoms with Gasteiger partial charge < -0.3 is 10.2 Å². The Morgan fingerprint density at radius 1 is 1.15 bits per heavy atom. The van der Waals surface area contributed by atoms with Crippen LogP contribution >= 0.6 is 11.6 Å². The fourth-order valence-corrected chi connectivity index (χ4v) is 2.06. The lowest BCUT2D eigenvalue weighted by Crippen LogP contribution is -2.02. The van der Waals surface area contributed by atoms with Crippen LogP contribution in [0.3, 0.4) is 0 Å². The van der Waals surface area contributed by atoms with Crippen LogP contribution in [0.5, 0.6) is 0 Å². The molecule has 1 aromatic heterocycles. The number of hydrogen-bond acceptors (Lipinski definition) is 4. The van der Waals surface area contributed by atoms with Crippen molar-refractivity contribution < 1.29 is 9.21 Å². The van der Waals surface area contributed by atoms with Crippen LogP contribution in [0.4, 0.5) is 5.69 Å². The standard InChI is InChI=1S/C14H9ClN2O3/c15-9-3-1-7(5-10(9)16)13(18)8-2-4-11-12(6-8)20-14(19)17-11/h1-6H,16H2,(H,17,19). The summed E-state index contributed by atoms with van der Waals surface area (Å²) in [6.07, 6.45) is 0. The second-order valence-electron chi connectivity index (χ2n) is 4.29. The molecule has 20 heavy (non-hydrogen) atoms. The van der Waals surface area contributed by atoms with Gasteiger partial charge in [0.1, 0.15) is 0 Å². The Bertz CT molecular complexity index is 880. The van der Waals surface area contributed by atoms with E-state index in [1.165, 1.54) is 12.1 Å². The van der Waals surface area contributed by atoms with Gasteiger partial charge in [0.2, 0.25) is 0 Å². The molecule has 0 saturated carbocycles. The molecule has 0 fully saturated rings. The van der Waals surface area contributed by atoms with Gasteiger partial charge in [0.25, 0.3) is 0 Å². The third kappa shape index (κ3) is 2.08. The Balaban J connectivity index is 2.07. The normalized spacial score (nSPS) is 10.8. The number of aromatic nitrogens is 1. The molecule has 3 N–H and O–H groups in total. The minimum atomic E-state index is -0.555. The smallest absolute Gasteiger partial charge is 0.408 e. The van der Waals surface area contributed by atoms with Gasteiger partial charge in [-0.3, -0.25) is 9.78 Å². The van der Waals surface area contributed by atoms with Gasteiger partial charge >= 0.3 is 5.76 Å². The summed E-state index contributed by atoms with van der Waals surface area (Å²) < 4.78 is 4.93. The van der Waals surface area contributed by atoms with E-state index in [2.05, 4.69) is 4.98 Å². The molecule has 2 aromatic carbocycles. The second-order valence-corrected chi connectivity index (χ2v) is 4.70. The van der Waals surface area contributed by atoms with Crippen molar-refractivity contribution in [3.05, 3.63) is 63.1 Å². The van der Waals surface area contributed by atoms with Gasteiger partial charge in [-0.05, 0) is 36.4 Å². The molecule has 0 unspecified atom stereocenters. The molecule has 0 aliphatic rings. The van der Waals surface area contributed by atoms with Crippen LogP contribution in [0.25, 0.3) is 11.1 Å². The van der Waals surface area contributed by atoms with Gasteiger partial charge in [0.15, 0.2) is 11.4 Å². The summed E-state index contributed by atoms with van der Waals surface area (Å²) in [6, 6.07) is 9.42. The molecule has 6 heteroatoms. The zero-order valence-electron chi connectivity index (χ0n) is 10.1. The van der Waals surface area contributed by atoms with E-state index in [1.807, 2.05) is 0 Å². The van der Waals surface area contributed by atoms with Gasteiger partial charge in [-0.15, -0.1) is 0 Å². The van der Waals surface area contributed by atoms with Gasteiger partial charge in [-0.25, -0.2) is 4.79 Å². The number of halogens is 1. The lowest BCUT2D eigenvalue weighted by Gasteiger charge is -2.03. The number of carbonyl (C=O) groups is 1. The van der Waals surface area contributed by atoms with Crippen molar-refractivity contribution in [2.24, 2.45) is 0 Å². The molecular weight excluding hydrogens is 280 g/mol. The Morgan fingerprint density at radius 3 is 2.60 bits per heavy atom. The summed E-state index contributed by atoms with van der Waals surface area (Å²) in [4.78, 5) is 25.9. The first-order chi connectivity index (χ1) is 9.54. The summed E-state index contributed by atoms with van der Waals surface area (Å²) >= 11 is 5.82. The van der Waals surface area contributed by atoms with E-state index in [0.717, 1.165) is 0 Å². The summed E-state index contributed by atoms with van der Waals surface area (Å²) in [5.41, 5.74) is 7.73. The fourth-order valence-electron chi connectivity index (χ4n) is 1.94. The largest absolute Gasteiger partial charge is 0.417 e. The van der Waals surface area contributed by atoms with Crippen LogP contribution in [0, 0.1) is 0 Å². The molecule has 0 radical (unpaired) electrons. The molecule has 1 heterocycles. The number of fused-ring (bicyclic) bond motifs is 1. The fraction of sp³-hybridized carbons (Fsp3) is 0. The number of ketones is 1. The minimum absolute atomic E-state index is 0.223. The second kappa shape index (κ2) is 4.54. The predicted molar refractivity (Wildman–Crippen MR) is 76.1 cm³/mol. The number of oxazole rings is 1. The van der Waals surface area contributed by atoms with E-state index in [-0.39, 0.29) is 5.78 Å². The topological polar surface area (TPSA) is 89.1 Å². The predicted octanol–water partition coefficient (Wildman–Crippen LogP) is 2.59. The third-order valence-electron chi connectivity index (χ3n) is 2.94. The molecular formula is C14H9ClN2O3. The van der Waals surface area contributed by atoms with Crippen molar-refractivity contribution in [3.63, 3.8) is 0 Å². The Hall–Kier alpha value is -2.53. The molecule has 0 aliphatic heterocycles. The van der Waals surface area contributed by atoms with Crippen LogP contribution in [-0.2, 0) is 0 Å². The molecule has 3 rings (SSSR count). The van der Waals surface area contributed by atoms with Crippen molar-refractivity contribution >= 4 is 34.2 Å². The number of hydrogen-bond donors (Lipinski definition) is 2. The monoisotopic (exact) mass is 288 g/mol. The van der Waals surface area contributed by atoms with E-state index in [9.17, 15) is 9.59 Å². The maximum absolute atomic E-state index is 12.3. The summed E-state index contributed by atoms with van der Waals surface area (Å²) in [6.45, 7) is 0. The average Bonchev–Trinajstić information content (AvgIpc) is 2.80. The van der Waals surface area contributed by atoms with Gasteiger partial charge in [-0.2, -0.15) is 0 Å². The molecule has 0 aliphatic carbocycles. The number of benzene rings is 2. The summed E-state index contributed by atoms with van der Waals surface area (Å²) in [5, 5.41) is 0.397. The molecule has 0 saturated heterocycles. The highest BCUT2D eigenvalue weighted by Crippen LogP contribution is 2.22. The highest BCUT2D eigenvalue weighted by Gasteiger charge is 2.12. The number of H-pyrrole nitrogens is 1. The first-order valence-corrected chi connectivity index (χ1v) is 6.15. The molecule has 100 valence electrons. The van der Waals surface area contributed by atoms with Gasteiger partial charge in [0.05, 0.1) is 16.2 Å². The van der Waals surface area contributed by atoms with Crippen LogP contribution in [-0.4, -0.2) is 10.8 Å². The Morgan fingerprint density at radius 2 is 1.85 bits per heavy atom. The van der Waals surface area contributed by atoms with E-state index in [4.69, 9.17) is 21.8 Å². The Labute approximate surface area is 118 Å². The third-order valence-corrected chi connectivity index (χ3v) is 3.29. The number of nitrogens with two attached hydrogens (primary N) is 1. The number of anilines is 1. The Kier molecular flexibility index (Phi) is 2.84. The first kappa shape index (κ1) is 12.5. The summed E-state index contributed by atoms with van der Waals surface area (Å²) in [5.74, 6) is -0.778. The van der Waals surface area contributed by atoms with Crippen molar-refractivity contribution in [2.75, 3.05) is 5.73 Å². The van der Waals surface area contributed by atoms with Gasteiger partial charge in [-0.1, -0.05) is 11.6 Å². The average molecular weight is 289 g/mol. The molecule has 3 aromatic rings. The van der Waals surface area contributed by atoms with Crippen molar-refractivity contribution in [1.29, 1.82) is 0 Å². The highest BCUT2D eigenvalue weighted by molar-refractivity contribution is 6.33. The maximum atomic E-state index is 12.3. The van der Waals surface area contributed by atoms with E-state index < -0.39 is 5.76 Å². The zero-order chi connectivity index (χ0) is 14.3. The highest BCUT2D eigenvalue weighted by atomic mass is 35.5. The lowest BCUT2D eigenvalue weighted by molar-refractivity contribution is 0.103. The van der Waals surface area contributed by atoms with E-state index in [0.29, 0.717) is 32.9 Å². The zero-order valence-corrected chi connectivity index (χ0v) is 10.9. The van der Waals surface area contributed by atoms with E-state index >= 15 is 0 Å². The van der Waals surface area contributed by atoms with Crippen molar-refractivity contribution in [2.45, 2.75) is 0 Å². The maximum Gasteiger partial charge on any atom is 0.417 e. The summed E-state index contributed by atoms with van der Waals surface area (Å²) in [7, 11) is 0. The molecule has 0 spiro atoms. The van der Waals surface area contributed by atoms with Crippen molar-refractivity contribution in [1.82, 2.24) is 4.98 Å². The number of nitrogen functional groups attached to an aromatic ring is 1. The number of rotatable bonds is 2. The van der Waals surface area contributed by atoms with Crippen LogP contribution in [0.15, 0.2) is 45.6 Å². The van der Waals surface area contributed by atoms with Gasteiger partial charge in [0, 0.05) is 11.1 Å². The van der Waals surface area contributed by atoms with Crippen molar-refractivity contribution in [3.8, 4) is 0 Å². The lowest BCUT2D eigenvalue weighted by atomic mass is 10.0. The minimum Gasteiger partial charge on any atom is -0.408 e. The molecule has 0 bridgehead atoms. The number of nitrogens with one attached hydrogen (secondary N) is 1. The number of carbonyl (C=O) groups excluding carboxylic acids is 1. The quantitative estimate of drug-likeness (QED) is 0.560. The van der Waals surface area contributed by atoms with Crippen LogP contribution in [0.2, 0.25) is 5.02 Å². The van der Waals surface area contributed by atoms with Crippen LogP contribution < -0.4 is 11.5 Å². The molecule has 0 amide bonds. The number of aromatic amines is 1. The molecule has 5 nitrogen and oxygen atoms in total. The van der Waals surface area contributed by atoms with E-state index in [1.54, 1.807) is 24.3 Å².